The average Bonchev–Trinajstić information content (AvgIpc) is 2.40. The molecule has 0 saturated heterocycles. The number of hydrogen-bond acceptors (Lipinski definition) is 4. The SMILES string of the molecule is CNc1nc(-c2cccc(OC(F)(F)F)c2)nc(C)c1Br. The summed E-state index contributed by atoms with van der Waals surface area (Å²) in [6, 6.07) is 5.54. The molecule has 0 fully saturated rings. The third-order valence-electron chi connectivity index (χ3n) is 2.58. The monoisotopic (exact) mass is 361 g/mol. The van der Waals surface area contributed by atoms with Crippen molar-refractivity contribution in [3.05, 3.63) is 34.4 Å². The Morgan fingerprint density at radius 1 is 1.24 bits per heavy atom. The number of alkyl halides is 3. The van der Waals surface area contributed by atoms with E-state index in [1.807, 2.05) is 0 Å². The van der Waals surface area contributed by atoms with Crippen LogP contribution in [-0.2, 0) is 0 Å². The molecule has 0 atom stereocenters. The Kier molecular flexibility index (Phi) is 4.36. The summed E-state index contributed by atoms with van der Waals surface area (Å²) >= 11 is 3.34. The number of rotatable bonds is 3. The lowest BCUT2D eigenvalue weighted by atomic mass is 10.2. The highest BCUT2D eigenvalue weighted by molar-refractivity contribution is 9.10. The molecular formula is C13H11BrF3N3O. The van der Waals surface area contributed by atoms with Gasteiger partial charge < -0.3 is 10.1 Å². The van der Waals surface area contributed by atoms with Crippen molar-refractivity contribution >= 4 is 21.7 Å². The van der Waals surface area contributed by atoms with E-state index in [0.717, 1.165) is 0 Å². The molecule has 0 spiro atoms. The zero-order valence-corrected chi connectivity index (χ0v) is 12.7. The molecule has 0 aliphatic rings. The number of anilines is 1. The van der Waals surface area contributed by atoms with Crippen LogP contribution in [0.3, 0.4) is 0 Å². The Balaban J connectivity index is 2.43. The van der Waals surface area contributed by atoms with E-state index < -0.39 is 6.36 Å². The van der Waals surface area contributed by atoms with Crippen LogP contribution in [0.4, 0.5) is 19.0 Å². The first-order chi connectivity index (χ1) is 9.80. The van der Waals surface area contributed by atoms with Crippen LogP contribution in [0, 0.1) is 6.92 Å². The Morgan fingerprint density at radius 2 is 1.95 bits per heavy atom. The van der Waals surface area contributed by atoms with Gasteiger partial charge in [0.2, 0.25) is 0 Å². The van der Waals surface area contributed by atoms with Crippen molar-refractivity contribution in [3.8, 4) is 17.1 Å². The molecule has 112 valence electrons. The quantitative estimate of drug-likeness (QED) is 0.891. The normalized spacial score (nSPS) is 11.3. The fraction of sp³-hybridized carbons (Fsp3) is 0.231. The number of nitrogens with one attached hydrogen (secondary N) is 1. The molecule has 21 heavy (non-hydrogen) atoms. The van der Waals surface area contributed by atoms with Crippen molar-refractivity contribution in [2.45, 2.75) is 13.3 Å². The van der Waals surface area contributed by atoms with Gasteiger partial charge >= 0.3 is 6.36 Å². The van der Waals surface area contributed by atoms with Crippen molar-refractivity contribution in [1.82, 2.24) is 9.97 Å². The number of benzene rings is 1. The molecule has 0 radical (unpaired) electrons. The third kappa shape index (κ3) is 3.84. The molecule has 4 nitrogen and oxygen atoms in total. The summed E-state index contributed by atoms with van der Waals surface area (Å²) in [6.07, 6.45) is -4.73. The maximum Gasteiger partial charge on any atom is 0.573 e. The van der Waals surface area contributed by atoms with Crippen LogP contribution >= 0.6 is 15.9 Å². The Labute approximate surface area is 127 Å². The summed E-state index contributed by atoms with van der Waals surface area (Å²) in [5.74, 6) is 0.558. The second kappa shape index (κ2) is 5.88. The molecular weight excluding hydrogens is 351 g/mol. The second-order valence-electron chi connectivity index (χ2n) is 4.12. The summed E-state index contributed by atoms with van der Waals surface area (Å²) in [4.78, 5) is 8.51. The van der Waals surface area contributed by atoms with Gasteiger partial charge in [-0.25, -0.2) is 9.97 Å². The van der Waals surface area contributed by atoms with Crippen molar-refractivity contribution in [3.63, 3.8) is 0 Å². The van der Waals surface area contributed by atoms with Crippen LogP contribution in [-0.4, -0.2) is 23.4 Å². The Bertz CT molecular complexity index is 662. The zero-order chi connectivity index (χ0) is 15.6. The minimum absolute atomic E-state index is 0.310. The van der Waals surface area contributed by atoms with E-state index in [1.165, 1.54) is 18.2 Å². The number of ether oxygens (including phenoxy) is 1. The average molecular weight is 362 g/mol. The topological polar surface area (TPSA) is 47.0 Å². The summed E-state index contributed by atoms with van der Waals surface area (Å²) in [5, 5.41) is 2.89. The van der Waals surface area contributed by atoms with Gasteiger partial charge in [-0.1, -0.05) is 12.1 Å². The van der Waals surface area contributed by atoms with Crippen LogP contribution in [0.25, 0.3) is 11.4 Å². The number of halogens is 4. The van der Waals surface area contributed by atoms with E-state index in [1.54, 1.807) is 20.0 Å². The van der Waals surface area contributed by atoms with Crippen LogP contribution < -0.4 is 10.1 Å². The Morgan fingerprint density at radius 3 is 2.57 bits per heavy atom. The lowest BCUT2D eigenvalue weighted by Gasteiger charge is -2.11. The van der Waals surface area contributed by atoms with Gasteiger partial charge in [0, 0.05) is 12.6 Å². The van der Waals surface area contributed by atoms with Gasteiger partial charge in [-0.15, -0.1) is 13.2 Å². The van der Waals surface area contributed by atoms with Crippen molar-refractivity contribution in [2.75, 3.05) is 12.4 Å². The number of nitrogens with zero attached hydrogens (tertiary/aromatic N) is 2. The standard InChI is InChI=1S/C13H11BrF3N3O/c1-7-10(14)12(18-2)20-11(19-7)8-4-3-5-9(6-8)21-13(15,16)17/h3-6H,1-2H3,(H,18,19,20). The van der Waals surface area contributed by atoms with Crippen LogP contribution in [0.2, 0.25) is 0 Å². The highest BCUT2D eigenvalue weighted by atomic mass is 79.9. The first kappa shape index (κ1) is 15.6. The summed E-state index contributed by atoms with van der Waals surface area (Å²) < 4.78 is 41.3. The maximum atomic E-state index is 12.2. The fourth-order valence-electron chi connectivity index (χ4n) is 1.69. The van der Waals surface area contributed by atoms with Gasteiger partial charge in [0.15, 0.2) is 5.82 Å². The third-order valence-corrected chi connectivity index (χ3v) is 3.53. The van der Waals surface area contributed by atoms with Gasteiger partial charge in [0.25, 0.3) is 0 Å². The predicted molar refractivity (Wildman–Crippen MR) is 76.1 cm³/mol. The minimum Gasteiger partial charge on any atom is -0.406 e. The van der Waals surface area contributed by atoms with Crippen LogP contribution in [0.15, 0.2) is 28.7 Å². The molecule has 1 aromatic heterocycles. The highest BCUT2D eigenvalue weighted by Crippen LogP contribution is 2.29. The van der Waals surface area contributed by atoms with E-state index in [-0.39, 0.29) is 5.75 Å². The van der Waals surface area contributed by atoms with Gasteiger partial charge in [-0.3, -0.25) is 0 Å². The zero-order valence-electron chi connectivity index (χ0n) is 11.1. The first-order valence-electron chi connectivity index (χ1n) is 5.88. The summed E-state index contributed by atoms with van der Waals surface area (Å²) in [5.41, 5.74) is 1.11. The number of aryl methyl sites for hydroxylation is 1. The molecule has 1 N–H and O–H groups in total. The van der Waals surface area contributed by atoms with Crippen molar-refractivity contribution in [1.29, 1.82) is 0 Å². The lowest BCUT2D eigenvalue weighted by molar-refractivity contribution is -0.274. The molecule has 0 saturated carbocycles. The fourth-order valence-corrected chi connectivity index (χ4v) is 2.06. The maximum absolute atomic E-state index is 12.2. The number of hydrogen-bond donors (Lipinski definition) is 1. The van der Waals surface area contributed by atoms with E-state index >= 15 is 0 Å². The van der Waals surface area contributed by atoms with E-state index in [4.69, 9.17) is 0 Å². The van der Waals surface area contributed by atoms with Gasteiger partial charge in [0.1, 0.15) is 11.6 Å². The largest absolute Gasteiger partial charge is 0.573 e. The molecule has 0 bridgehead atoms. The van der Waals surface area contributed by atoms with Gasteiger partial charge in [-0.05, 0) is 35.0 Å². The smallest absolute Gasteiger partial charge is 0.406 e. The van der Waals surface area contributed by atoms with E-state index in [2.05, 4.69) is 36.0 Å². The number of aromatic nitrogens is 2. The van der Waals surface area contributed by atoms with Crippen LogP contribution in [0.5, 0.6) is 5.75 Å². The van der Waals surface area contributed by atoms with E-state index in [0.29, 0.717) is 27.4 Å². The van der Waals surface area contributed by atoms with E-state index in [9.17, 15) is 13.2 Å². The van der Waals surface area contributed by atoms with Crippen molar-refractivity contribution < 1.29 is 17.9 Å². The summed E-state index contributed by atoms with van der Waals surface area (Å²) in [7, 11) is 1.69. The Hall–Kier alpha value is -1.83. The second-order valence-corrected chi connectivity index (χ2v) is 4.91. The van der Waals surface area contributed by atoms with Gasteiger partial charge in [0.05, 0.1) is 10.2 Å². The first-order valence-corrected chi connectivity index (χ1v) is 6.67. The van der Waals surface area contributed by atoms with Crippen molar-refractivity contribution in [2.24, 2.45) is 0 Å². The molecule has 0 aliphatic heterocycles. The molecule has 0 aliphatic carbocycles. The van der Waals surface area contributed by atoms with Gasteiger partial charge in [-0.2, -0.15) is 0 Å². The molecule has 1 aromatic carbocycles. The molecule has 8 heteroatoms. The van der Waals surface area contributed by atoms with Crippen LogP contribution in [0.1, 0.15) is 5.69 Å². The predicted octanol–water partition coefficient (Wildman–Crippen LogP) is 4.15. The molecule has 0 amide bonds. The molecule has 0 unspecified atom stereocenters. The summed E-state index contributed by atoms with van der Waals surface area (Å²) in [6.45, 7) is 1.77. The molecule has 2 aromatic rings. The highest BCUT2D eigenvalue weighted by Gasteiger charge is 2.31. The molecule has 1 heterocycles. The lowest BCUT2D eigenvalue weighted by Crippen LogP contribution is -2.17. The molecule has 2 rings (SSSR count). The minimum atomic E-state index is -4.73.